The Morgan fingerprint density at radius 2 is 2.00 bits per heavy atom. The Balaban J connectivity index is 1.82. The first-order valence-corrected chi connectivity index (χ1v) is 5.09. The monoisotopic (exact) mass is 209 g/mol. The number of benzene rings is 1. The second-order valence-electron chi connectivity index (χ2n) is 3.68. The van der Waals surface area contributed by atoms with E-state index in [1.54, 1.807) is 0 Å². The van der Waals surface area contributed by atoms with Crippen molar-refractivity contribution in [3.05, 3.63) is 35.9 Å². The van der Waals surface area contributed by atoms with Crippen LogP contribution in [0.5, 0.6) is 0 Å². The second-order valence-corrected chi connectivity index (χ2v) is 4.05. The summed E-state index contributed by atoms with van der Waals surface area (Å²) in [6.45, 7) is 2.52. The van der Waals surface area contributed by atoms with Crippen molar-refractivity contribution in [2.75, 3.05) is 13.1 Å². The van der Waals surface area contributed by atoms with E-state index in [0.717, 1.165) is 19.6 Å². The van der Waals surface area contributed by atoms with Crippen LogP contribution in [0.15, 0.2) is 30.3 Å². The Kier molecular flexibility index (Phi) is 2.85. The highest BCUT2D eigenvalue weighted by Crippen LogP contribution is 2.20. The maximum atomic E-state index is 10.8. The van der Waals surface area contributed by atoms with Crippen LogP contribution in [0.1, 0.15) is 5.56 Å². The van der Waals surface area contributed by atoms with Gasteiger partial charge in [0.1, 0.15) is 0 Å². The van der Waals surface area contributed by atoms with Gasteiger partial charge in [0.2, 0.25) is 5.24 Å². The lowest BCUT2D eigenvalue weighted by Crippen LogP contribution is -2.48. The van der Waals surface area contributed by atoms with Crippen LogP contribution in [-0.2, 0) is 11.3 Å². The molecule has 0 amide bonds. The molecule has 0 aromatic heterocycles. The van der Waals surface area contributed by atoms with Crippen LogP contribution >= 0.6 is 11.6 Å². The summed E-state index contributed by atoms with van der Waals surface area (Å²) < 4.78 is 0. The predicted molar refractivity (Wildman–Crippen MR) is 56.1 cm³/mol. The zero-order valence-electron chi connectivity index (χ0n) is 7.82. The van der Waals surface area contributed by atoms with Gasteiger partial charge >= 0.3 is 0 Å². The van der Waals surface area contributed by atoms with Crippen molar-refractivity contribution in [1.29, 1.82) is 0 Å². The van der Waals surface area contributed by atoms with Gasteiger partial charge in [0, 0.05) is 19.6 Å². The zero-order chi connectivity index (χ0) is 9.97. The summed E-state index contributed by atoms with van der Waals surface area (Å²) in [6.07, 6.45) is 0. The van der Waals surface area contributed by atoms with Gasteiger partial charge in [-0.2, -0.15) is 0 Å². The maximum absolute atomic E-state index is 10.8. The Morgan fingerprint density at radius 1 is 1.36 bits per heavy atom. The molecule has 0 saturated carbocycles. The summed E-state index contributed by atoms with van der Waals surface area (Å²) in [5.41, 5.74) is 1.29. The lowest BCUT2D eigenvalue weighted by atomic mass is 10.0. The van der Waals surface area contributed by atoms with Gasteiger partial charge in [0.05, 0.1) is 5.92 Å². The van der Waals surface area contributed by atoms with E-state index >= 15 is 0 Å². The largest absolute Gasteiger partial charge is 0.297 e. The number of carbonyl (C=O) groups is 1. The van der Waals surface area contributed by atoms with Crippen LogP contribution in [0.25, 0.3) is 0 Å². The van der Waals surface area contributed by atoms with E-state index in [2.05, 4.69) is 17.0 Å². The minimum Gasteiger partial charge on any atom is -0.297 e. The Hall–Kier alpha value is -0.860. The summed E-state index contributed by atoms with van der Waals surface area (Å²) in [6, 6.07) is 10.2. The Bertz CT molecular complexity index is 319. The first-order valence-electron chi connectivity index (χ1n) is 4.71. The van der Waals surface area contributed by atoms with E-state index in [1.807, 2.05) is 18.2 Å². The minimum atomic E-state index is -0.200. The van der Waals surface area contributed by atoms with Gasteiger partial charge in [0.15, 0.2) is 0 Å². The highest BCUT2D eigenvalue weighted by Gasteiger charge is 2.30. The van der Waals surface area contributed by atoms with Crippen LogP contribution in [0.3, 0.4) is 0 Å². The molecular formula is C11H12ClNO. The van der Waals surface area contributed by atoms with Crippen molar-refractivity contribution in [3.8, 4) is 0 Å². The average molecular weight is 210 g/mol. The average Bonchev–Trinajstić information content (AvgIpc) is 2.12. The van der Waals surface area contributed by atoms with Gasteiger partial charge in [-0.3, -0.25) is 9.69 Å². The molecule has 1 aromatic rings. The topological polar surface area (TPSA) is 20.3 Å². The van der Waals surface area contributed by atoms with Crippen LogP contribution in [0.4, 0.5) is 0 Å². The number of rotatable bonds is 3. The molecule has 2 rings (SSSR count). The van der Waals surface area contributed by atoms with Crippen LogP contribution in [-0.4, -0.2) is 23.2 Å². The lowest BCUT2D eigenvalue weighted by molar-refractivity contribution is -0.120. The molecule has 1 aromatic carbocycles. The highest BCUT2D eigenvalue weighted by molar-refractivity contribution is 6.64. The molecule has 1 aliphatic heterocycles. The van der Waals surface area contributed by atoms with Gasteiger partial charge in [-0.1, -0.05) is 30.3 Å². The molecule has 0 aliphatic carbocycles. The third kappa shape index (κ3) is 2.14. The third-order valence-corrected chi connectivity index (χ3v) is 2.84. The summed E-state index contributed by atoms with van der Waals surface area (Å²) in [7, 11) is 0. The third-order valence-electron chi connectivity index (χ3n) is 2.53. The fraction of sp³-hybridized carbons (Fsp3) is 0.364. The molecule has 0 radical (unpaired) electrons. The van der Waals surface area contributed by atoms with Gasteiger partial charge in [-0.15, -0.1) is 0 Å². The van der Waals surface area contributed by atoms with Gasteiger partial charge in [-0.05, 0) is 17.2 Å². The molecule has 74 valence electrons. The van der Waals surface area contributed by atoms with Crippen molar-refractivity contribution in [1.82, 2.24) is 4.90 Å². The normalized spacial score (nSPS) is 17.8. The highest BCUT2D eigenvalue weighted by atomic mass is 35.5. The summed E-state index contributed by atoms with van der Waals surface area (Å²) in [5, 5.41) is -0.200. The number of nitrogens with zero attached hydrogens (tertiary/aromatic N) is 1. The summed E-state index contributed by atoms with van der Waals surface area (Å²) in [4.78, 5) is 13.0. The van der Waals surface area contributed by atoms with Crippen LogP contribution in [0.2, 0.25) is 0 Å². The molecule has 3 heteroatoms. The molecule has 1 heterocycles. The molecule has 0 bridgehead atoms. The first-order chi connectivity index (χ1) is 6.75. The number of likely N-dealkylation sites (tertiary alicyclic amines) is 1. The van der Waals surface area contributed by atoms with E-state index in [1.165, 1.54) is 5.56 Å². The molecule has 1 saturated heterocycles. The number of hydrogen-bond acceptors (Lipinski definition) is 2. The van der Waals surface area contributed by atoms with Crippen LogP contribution in [0, 0.1) is 5.92 Å². The number of halogens is 1. The molecular weight excluding hydrogens is 198 g/mol. The molecule has 14 heavy (non-hydrogen) atoms. The zero-order valence-corrected chi connectivity index (χ0v) is 8.57. The number of hydrogen-bond donors (Lipinski definition) is 0. The Labute approximate surface area is 88.5 Å². The van der Waals surface area contributed by atoms with E-state index in [-0.39, 0.29) is 11.2 Å². The minimum absolute atomic E-state index is 0.0559. The molecule has 1 fully saturated rings. The van der Waals surface area contributed by atoms with Crippen molar-refractivity contribution in [2.45, 2.75) is 6.54 Å². The molecule has 0 atom stereocenters. The molecule has 2 nitrogen and oxygen atoms in total. The maximum Gasteiger partial charge on any atom is 0.227 e. The van der Waals surface area contributed by atoms with E-state index in [4.69, 9.17) is 11.6 Å². The second kappa shape index (κ2) is 4.11. The molecule has 0 unspecified atom stereocenters. The predicted octanol–water partition coefficient (Wildman–Crippen LogP) is 1.88. The van der Waals surface area contributed by atoms with Crippen molar-refractivity contribution in [3.63, 3.8) is 0 Å². The Morgan fingerprint density at radius 3 is 2.57 bits per heavy atom. The lowest BCUT2D eigenvalue weighted by Gasteiger charge is -2.36. The van der Waals surface area contributed by atoms with E-state index in [9.17, 15) is 4.79 Å². The van der Waals surface area contributed by atoms with Crippen molar-refractivity contribution < 1.29 is 4.79 Å². The smallest absolute Gasteiger partial charge is 0.227 e. The van der Waals surface area contributed by atoms with E-state index < -0.39 is 0 Å². The summed E-state index contributed by atoms with van der Waals surface area (Å²) >= 11 is 5.38. The van der Waals surface area contributed by atoms with Crippen molar-refractivity contribution >= 4 is 16.8 Å². The fourth-order valence-corrected chi connectivity index (χ4v) is 1.82. The molecule has 0 spiro atoms. The van der Waals surface area contributed by atoms with E-state index in [0.29, 0.717) is 0 Å². The van der Waals surface area contributed by atoms with Crippen molar-refractivity contribution in [2.24, 2.45) is 5.92 Å². The first kappa shape index (κ1) is 9.69. The molecule has 1 aliphatic rings. The quantitative estimate of drug-likeness (QED) is 0.709. The number of carbonyl (C=O) groups excluding carboxylic acids is 1. The van der Waals surface area contributed by atoms with Crippen LogP contribution < -0.4 is 0 Å². The van der Waals surface area contributed by atoms with Gasteiger partial charge < -0.3 is 0 Å². The summed E-state index contributed by atoms with van der Waals surface area (Å²) in [5.74, 6) is 0.0559. The SMILES string of the molecule is O=C(Cl)C1CN(Cc2ccccc2)C1. The standard InChI is InChI=1S/C11H12ClNO/c12-11(14)10-7-13(8-10)6-9-4-2-1-3-5-9/h1-5,10H,6-8H2. The molecule has 0 N–H and O–H groups in total. The fourth-order valence-electron chi connectivity index (χ4n) is 1.68. The van der Waals surface area contributed by atoms with Gasteiger partial charge in [0.25, 0.3) is 0 Å². The van der Waals surface area contributed by atoms with Gasteiger partial charge in [-0.25, -0.2) is 0 Å².